The van der Waals surface area contributed by atoms with Crippen LogP contribution in [0.15, 0.2) is 94.7 Å². The number of nitrogens with zero attached hydrogens (tertiary/aromatic N) is 6. The first-order valence-electron chi connectivity index (χ1n) is 21.3. The molecule has 0 radical (unpaired) electrons. The molecule has 380 valence electrons. The van der Waals surface area contributed by atoms with E-state index in [0.717, 1.165) is 33.6 Å². The Morgan fingerprint density at radius 1 is 0.544 bits per heavy atom. The molecule has 0 spiro atoms. The Hall–Kier alpha value is -2.68. The van der Waals surface area contributed by atoms with Gasteiger partial charge in [0, 0.05) is 116 Å². The van der Waals surface area contributed by atoms with Crippen LogP contribution in [-0.2, 0) is 66.4 Å². The first-order valence-corrected chi connectivity index (χ1v) is 27.8. The predicted molar refractivity (Wildman–Crippen MR) is 285 cm³/mol. The van der Waals surface area contributed by atoms with Crippen LogP contribution in [0.4, 0.5) is 11.4 Å². The van der Waals surface area contributed by atoms with Gasteiger partial charge in [-0.1, -0.05) is 49.2 Å². The molecule has 68 heavy (non-hydrogen) atoms. The molecule has 0 aliphatic carbocycles. The zero-order chi connectivity index (χ0) is 48.8. The summed E-state index contributed by atoms with van der Waals surface area (Å²) in [5.41, 5.74) is 5.82. The number of fused-ring (bicyclic) bond motifs is 2. The summed E-state index contributed by atoms with van der Waals surface area (Å²) >= 11 is 12.1. The molecule has 0 amide bonds. The third kappa shape index (κ3) is 15.7. The lowest BCUT2D eigenvalue weighted by Gasteiger charge is -2.33. The second-order valence-corrected chi connectivity index (χ2v) is 25.7. The zero-order valence-corrected chi connectivity index (χ0v) is 46.4. The average Bonchev–Trinajstić information content (AvgIpc) is 3.27. The van der Waals surface area contributed by atoms with Gasteiger partial charge in [-0.25, -0.2) is 30.6 Å². The molecule has 2 atom stereocenters. The fourth-order valence-electron chi connectivity index (χ4n) is 7.48. The van der Waals surface area contributed by atoms with Crippen molar-refractivity contribution in [1.29, 1.82) is 0 Å². The van der Waals surface area contributed by atoms with E-state index in [9.17, 15) is 33.7 Å². The number of hydrogen-bond donors (Lipinski definition) is 2. The largest absolute Gasteiger partial charge is 0.378 e. The van der Waals surface area contributed by atoms with E-state index < -0.39 is 40.5 Å². The van der Waals surface area contributed by atoms with E-state index in [2.05, 4.69) is 9.44 Å². The number of hydrogen-bond acceptors (Lipinski definition) is 10. The van der Waals surface area contributed by atoms with Crippen molar-refractivity contribution in [2.24, 2.45) is 11.8 Å². The Morgan fingerprint density at radius 2 is 0.971 bits per heavy atom. The van der Waals surface area contributed by atoms with Crippen molar-refractivity contribution in [1.82, 2.24) is 26.7 Å². The highest BCUT2D eigenvalue weighted by Crippen LogP contribution is 2.27. The van der Waals surface area contributed by atoms with E-state index >= 15 is 0 Å². The topological polar surface area (TPSA) is 180 Å². The Labute approximate surface area is 429 Å². The third-order valence-corrected chi connectivity index (χ3v) is 18.6. The summed E-state index contributed by atoms with van der Waals surface area (Å²) in [5.74, 6) is -0.451. The van der Waals surface area contributed by atoms with Gasteiger partial charge in [0.25, 0.3) is 20.4 Å². The van der Waals surface area contributed by atoms with E-state index in [1.807, 2.05) is 69.2 Å². The van der Waals surface area contributed by atoms with Gasteiger partial charge in [0.2, 0.25) is 20.0 Å². The Bertz CT molecular complexity index is 2760. The summed E-state index contributed by atoms with van der Waals surface area (Å²) in [5, 5.41) is 1.29. The lowest BCUT2D eigenvalue weighted by atomic mass is 10.0. The first-order chi connectivity index (χ1) is 30.8. The average molecular weight is 1100 g/mol. The lowest BCUT2D eigenvalue weighted by molar-refractivity contribution is 0.307. The molecule has 0 unspecified atom stereocenters. The summed E-state index contributed by atoms with van der Waals surface area (Å²) in [6.45, 7) is 5.59. The molecule has 0 saturated carbocycles. The predicted octanol–water partition coefficient (Wildman–Crippen LogP) is 5.34. The maximum atomic E-state index is 13.2. The molecule has 0 saturated heterocycles. The van der Waals surface area contributed by atoms with Gasteiger partial charge in [-0.3, -0.25) is 0 Å². The second-order valence-electron chi connectivity index (χ2n) is 17.3. The van der Waals surface area contributed by atoms with Crippen molar-refractivity contribution in [3.05, 3.63) is 117 Å². The quantitative estimate of drug-likeness (QED) is 0.132. The van der Waals surface area contributed by atoms with E-state index in [-0.39, 0.29) is 81.3 Å². The maximum absolute atomic E-state index is 13.2. The van der Waals surface area contributed by atoms with Crippen molar-refractivity contribution in [2.75, 3.05) is 91.4 Å². The van der Waals surface area contributed by atoms with Gasteiger partial charge in [0.1, 0.15) is 0 Å². The van der Waals surface area contributed by atoms with E-state index in [0.29, 0.717) is 42.5 Å². The minimum absolute atomic E-state index is 0. The van der Waals surface area contributed by atoms with Crippen LogP contribution in [0.5, 0.6) is 0 Å². The SMILES string of the molecule is C[C@@H](CN(C)S(=O)(=O)c1ccc(N(C)C)cc1)CN(C)S(=O)(=O)N1CCc2cc(Cl)ccc2C1.C[C@@H](CNS(=O)(=O)c1ccc(N(C)C)cc1)CNS(=O)(=O)N1CCc2cc(Cl)ccc2C1.S.S. The van der Waals surface area contributed by atoms with Crippen LogP contribution in [0.2, 0.25) is 10.0 Å². The van der Waals surface area contributed by atoms with Gasteiger partial charge < -0.3 is 9.80 Å². The van der Waals surface area contributed by atoms with Crippen LogP contribution < -0.4 is 19.2 Å². The van der Waals surface area contributed by atoms with Gasteiger partial charge in [0.15, 0.2) is 0 Å². The Kier molecular flexibility index (Phi) is 22.0. The molecular weight excluding hydrogens is 1030 g/mol. The molecule has 2 aliphatic heterocycles. The molecule has 2 heterocycles. The van der Waals surface area contributed by atoms with E-state index in [1.165, 1.54) is 31.3 Å². The van der Waals surface area contributed by atoms with Gasteiger partial charge in [-0.2, -0.15) is 56.7 Å². The van der Waals surface area contributed by atoms with Crippen molar-refractivity contribution in [2.45, 2.75) is 49.6 Å². The fourth-order valence-corrected chi connectivity index (χ4v) is 13.1. The second kappa shape index (κ2) is 25.1. The van der Waals surface area contributed by atoms with Crippen LogP contribution in [0, 0.1) is 11.8 Å². The van der Waals surface area contributed by atoms with Crippen LogP contribution in [0.1, 0.15) is 36.1 Å². The van der Waals surface area contributed by atoms with Crippen molar-refractivity contribution in [3.8, 4) is 0 Å². The Morgan fingerprint density at radius 3 is 1.46 bits per heavy atom. The van der Waals surface area contributed by atoms with Crippen LogP contribution in [-0.4, -0.2) is 132 Å². The minimum Gasteiger partial charge on any atom is -0.378 e. The number of halogens is 2. The van der Waals surface area contributed by atoms with Crippen molar-refractivity contribution in [3.63, 3.8) is 0 Å². The summed E-state index contributed by atoms with van der Waals surface area (Å²) < 4.78 is 113. The lowest BCUT2D eigenvalue weighted by Crippen LogP contribution is -2.46. The smallest absolute Gasteiger partial charge is 0.282 e. The normalized spacial score (nSPS) is 15.5. The van der Waals surface area contributed by atoms with E-state index in [4.69, 9.17) is 23.2 Å². The molecule has 2 aliphatic rings. The number of sulfonamides is 2. The van der Waals surface area contributed by atoms with Gasteiger partial charge >= 0.3 is 0 Å². The van der Waals surface area contributed by atoms with E-state index in [1.54, 1.807) is 67.6 Å². The molecule has 4 aromatic carbocycles. The number of nitrogens with one attached hydrogen (secondary N) is 2. The molecule has 4 aromatic rings. The summed E-state index contributed by atoms with van der Waals surface area (Å²) in [4.78, 5) is 4.16. The summed E-state index contributed by atoms with van der Waals surface area (Å²) in [7, 11) is -4.13. The fraction of sp³-hybridized carbons (Fsp3) is 0.455. The highest BCUT2D eigenvalue weighted by molar-refractivity contribution is 7.89. The van der Waals surface area contributed by atoms with Crippen molar-refractivity contribution < 1.29 is 33.7 Å². The molecule has 24 heteroatoms. The molecule has 0 fully saturated rings. The number of benzene rings is 4. The summed E-state index contributed by atoms with van der Waals surface area (Å²) in [6.07, 6.45) is 1.20. The van der Waals surface area contributed by atoms with Crippen LogP contribution in [0.3, 0.4) is 0 Å². The minimum atomic E-state index is -3.69. The Balaban J connectivity index is 0.000000351. The molecule has 0 bridgehead atoms. The van der Waals surface area contributed by atoms with Crippen LogP contribution >= 0.6 is 50.2 Å². The molecule has 2 N–H and O–H groups in total. The third-order valence-electron chi connectivity index (χ3n) is 11.4. The van der Waals surface area contributed by atoms with Gasteiger partial charge in [-0.05, 0) is 120 Å². The highest BCUT2D eigenvalue weighted by Gasteiger charge is 2.32. The standard InChI is InChI=1S/C23H33ClN4O4S2.C21H29ClN4O4S2.2H2S/c1-18(15-26(4)33(29,30)23-10-8-22(9-11-23)25(2)3)16-27(5)34(31,32)28-13-12-19-14-21(24)7-6-20(19)17-28;1-16(13-23-31(27,28)21-8-6-20(7-9-21)25(2)3)14-24-32(29,30)26-11-10-17-12-19(22)5-4-18(17)15-26;;/h6-11,14,18H,12-13,15-17H2,1-5H3;4-9,12,16,23-24H,10-11,13-15H2,1-3H3;2*1H2/t18-;16-;;/m00../s1. The van der Waals surface area contributed by atoms with Crippen molar-refractivity contribution >= 4 is 102 Å². The van der Waals surface area contributed by atoms with Gasteiger partial charge in [-0.15, -0.1) is 0 Å². The molecule has 0 aromatic heterocycles. The number of rotatable bonds is 18. The van der Waals surface area contributed by atoms with Gasteiger partial charge in [0.05, 0.1) is 9.79 Å². The molecule has 16 nitrogen and oxygen atoms in total. The number of anilines is 2. The molecular formula is C44H66Cl2N8O8S6. The zero-order valence-electron chi connectivity index (χ0n) is 39.6. The monoisotopic (exact) mass is 1100 g/mol. The highest BCUT2D eigenvalue weighted by atomic mass is 35.5. The first kappa shape index (κ1) is 59.6. The van der Waals surface area contributed by atoms with Crippen LogP contribution in [0.25, 0.3) is 0 Å². The summed E-state index contributed by atoms with van der Waals surface area (Å²) in [6, 6.07) is 24.3. The maximum Gasteiger partial charge on any atom is 0.282 e. The molecule has 6 rings (SSSR count).